The minimum absolute atomic E-state index is 0.178. The maximum absolute atomic E-state index is 5.95. The third kappa shape index (κ3) is 1.84. The van der Waals surface area contributed by atoms with Gasteiger partial charge in [-0.1, -0.05) is 24.3 Å². The van der Waals surface area contributed by atoms with E-state index >= 15 is 0 Å². The molecular formula is C14H16N4. The summed E-state index contributed by atoms with van der Waals surface area (Å²) in [6.45, 7) is 1.50. The van der Waals surface area contributed by atoms with Gasteiger partial charge in [-0.05, 0) is 23.6 Å². The zero-order valence-electron chi connectivity index (χ0n) is 10.2. The molecule has 92 valence electrons. The van der Waals surface area contributed by atoms with Gasteiger partial charge >= 0.3 is 0 Å². The van der Waals surface area contributed by atoms with Gasteiger partial charge in [-0.3, -0.25) is 0 Å². The van der Waals surface area contributed by atoms with Crippen molar-refractivity contribution in [3.05, 3.63) is 53.9 Å². The molecule has 0 spiro atoms. The Labute approximate surface area is 106 Å². The van der Waals surface area contributed by atoms with Gasteiger partial charge in [0.25, 0.3) is 0 Å². The fourth-order valence-corrected chi connectivity index (χ4v) is 2.58. The molecule has 0 fully saturated rings. The molecule has 0 aliphatic carbocycles. The fraction of sp³-hybridized carbons (Fsp3) is 0.286. The summed E-state index contributed by atoms with van der Waals surface area (Å²) >= 11 is 0. The molecule has 1 aliphatic heterocycles. The Morgan fingerprint density at radius 3 is 2.72 bits per heavy atom. The Morgan fingerprint density at radius 1 is 1.17 bits per heavy atom. The van der Waals surface area contributed by atoms with Gasteiger partial charge in [0.05, 0.1) is 6.04 Å². The maximum atomic E-state index is 5.95. The van der Waals surface area contributed by atoms with Crippen LogP contribution in [0.5, 0.6) is 0 Å². The number of nitrogens with two attached hydrogens (primary N) is 1. The maximum Gasteiger partial charge on any atom is 0.225 e. The first kappa shape index (κ1) is 11.2. The molecule has 4 heteroatoms. The van der Waals surface area contributed by atoms with Crippen LogP contribution < -0.4 is 10.6 Å². The number of fused-ring (bicyclic) bond motifs is 1. The highest BCUT2D eigenvalue weighted by Crippen LogP contribution is 2.30. The number of anilines is 1. The number of hydrogen-bond donors (Lipinski definition) is 1. The highest BCUT2D eigenvalue weighted by atomic mass is 15.3. The van der Waals surface area contributed by atoms with Gasteiger partial charge in [0.1, 0.15) is 0 Å². The highest BCUT2D eigenvalue weighted by Gasteiger charge is 2.27. The molecule has 4 nitrogen and oxygen atoms in total. The molecular weight excluding hydrogens is 224 g/mol. The largest absolute Gasteiger partial charge is 0.332 e. The molecule has 0 radical (unpaired) electrons. The lowest BCUT2D eigenvalue weighted by Crippen LogP contribution is -2.40. The van der Waals surface area contributed by atoms with Gasteiger partial charge in [0.15, 0.2) is 0 Å². The van der Waals surface area contributed by atoms with Crippen LogP contribution in [-0.4, -0.2) is 23.1 Å². The molecule has 2 N–H and O–H groups in total. The second kappa shape index (κ2) is 4.74. The van der Waals surface area contributed by atoms with Crippen LogP contribution in [0.15, 0.2) is 42.7 Å². The van der Waals surface area contributed by atoms with Crippen molar-refractivity contribution in [3.63, 3.8) is 0 Å². The van der Waals surface area contributed by atoms with Gasteiger partial charge in [0, 0.05) is 25.5 Å². The molecule has 1 atom stereocenters. The van der Waals surface area contributed by atoms with Crippen LogP contribution in [0.25, 0.3) is 0 Å². The minimum Gasteiger partial charge on any atom is -0.332 e. The van der Waals surface area contributed by atoms with E-state index in [2.05, 4.69) is 39.1 Å². The van der Waals surface area contributed by atoms with E-state index in [1.165, 1.54) is 11.1 Å². The fourth-order valence-electron chi connectivity index (χ4n) is 2.58. The van der Waals surface area contributed by atoms with Crippen molar-refractivity contribution in [2.75, 3.05) is 18.0 Å². The smallest absolute Gasteiger partial charge is 0.225 e. The van der Waals surface area contributed by atoms with E-state index in [1.54, 1.807) is 12.4 Å². The molecule has 1 aromatic carbocycles. The van der Waals surface area contributed by atoms with Crippen LogP contribution >= 0.6 is 0 Å². The first-order valence-electron chi connectivity index (χ1n) is 6.21. The molecule has 1 aromatic heterocycles. The summed E-state index contributed by atoms with van der Waals surface area (Å²) in [4.78, 5) is 10.9. The third-order valence-corrected chi connectivity index (χ3v) is 3.44. The summed E-state index contributed by atoms with van der Waals surface area (Å²) in [5.41, 5.74) is 8.64. The van der Waals surface area contributed by atoms with Gasteiger partial charge in [-0.15, -0.1) is 0 Å². The predicted octanol–water partition coefficient (Wildman–Crippen LogP) is 1.54. The van der Waals surface area contributed by atoms with Gasteiger partial charge in [0.2, 0.25) is 5.95 Å². The van der Waals surface area contributed by atoms with Crippen molar-refractivity contribution in [2.24, 2.45) is 5.73 Å². The zero-order valence-corrected chi connectivity index (χ0v) is 10.2. The standard InChI is InChI=1S/C14H16N4/c15-10-13-12-5-2-1-4-11(12)6-9-18(13)14-16-7-3-8-17-14/h1-5,7-8,13H,6,9-10,15H2. The van der Waals surface area contributed by atoms with Crippen LogP contribution in [0.2, 0.25) is 0 Å². The molecule has 0 saturated carbocycles. The number of aromatic nitrogens is 2. The average Bonchev–Trinajstić information content (AvgIpc) is 2.47. The lowest BCUT2D eigenvalue weighted by Gasteiger charge is -2.36. The summed E-state index contributed by atoms with van der Waals surface area (Å²) in [6.07, 6.45) is 4.57. The summed E-state index contributed by atoms with van der Waals surface area (Å²) in [6, 6.07) is 10.5. The van der Waals surface area contributed by atoms with Crippen LogP contribution in [-0.2, 0) is 6.42 Å². The monoisotopic (exact) mass is 240 g/mol. The first-order chi connectivity index (χ1) is 8.90. The quantitative estimate of drug-likeness (QED) is 0.865. The van der Waals surface area contributed by atoms with Crippen molar-refractivity contribution in [3.8, 4) is 0 Å². The van der Waals surface area contributed by atoms with Gasteiger partial charge in [-0.25, -0.2) is 9.97 Å². The average molecular weight is 240 g/mol. The Kier molecular flexibility index (Phi) is 2.94. The highest BCUT2D eigenvalue weighted by molar-refractivity contribution is 5.43. The van der Waals surface area contributed by atoms with E-state index in [0.717, 1.165) is 18.9 Å². The molecule has 0 amide bonds. The number of rotatable bonds is 2. The van der Waals surface area contributed by atoms with E-state index in [0.29, 0.717) is 6.54 Å². The Morgan fingerprint density at radius 2 is 1.94 bits per heavy atom. The minimum atomic E-state index is 0.178. The van der Waals surface area contributed by atoms with E-state index in [1.807, 2.05) is 6.07 Å². The SMILES string of the molecule is NCC1c2ccccc2CCN1c1ncccn1. The lowest BCUT2D eigenvalue weighted by atomic mass is 9.93. The molecule has 18 heavy (non-hydrogen) atoms. The van der Waals surface area contributed by atoms with E-state index < -0.39 is 0 Å². The molecule has 1 aliphatic rings. The summed E-state index contributed by atoms with van der Waals surface area (Å²) < 4.78 is 0. The second-order valence-electron chi connectivity index (χ2n) is 4.44. The Hall–Kier alpha value is -1.94. The molecule has 3 rings (SSSR count). The van der Waals surface area contributed by atoms with E-state index in [9.17, 15) is 0 Å². The molecule has 2 aromatic rings. The predicted molar refractivity (Wildman–Crippen MR) is 71.3 cm³/mol. The van der Waals surface area contributed by atoms with E-state index in [-0.39, 0.29) is 6.04 Å². The number of nitrogens with zero attached hydrogens (tertiary/aromatic N) is 3. The molecule has 0 bridgehead atoms. The molecule has 1 unspecified atom stereocenters. The van der Waals surface area contributed by atoms with Crippen molar-refractivity contribution in [2.45, 2.75) is 12.5 Å². The van der Waals surface area contributed by atoms with Crippen LogP contribution in [0.1, 0.15) is 17.2 Å². The van der Waals surface area contributed by atoms with Crippen molar-refractivity contribution in [1.82, 2.24) is 9.97 Å². The topological polar surface area (TPSA) is 55.0 Å². The van der Waals surface area contributed by atoms with Gasteiger partial charge in [-0.2, -0.15) is 0 Å². The molecule has 2 heterocycles. The van der Waals surface area contributed by atoms with Crippen LogP contribution in [0, 0.1) is 0 Å². The number of hydrogen-bond acceptors (Lipinski definition) is 4. The van der Waals surface area contributed by atoms with Crippen LogP contribution in [0.4, 0.5) is 5.95 Å². The lowest BCUT2D eigenvalue weighted by molar-refractivity contribution is 0.577. The van der Waals surface area contributed by atoms with E-state index in [4.69, 9.17) is 5.73 Å². The van der Waals surface area contributed by atoms with Crippen molar-refractivity contribution >= 4 is 5.95 Å². The normalized spacial score (nSPS) is 18.5. The second-order valence-corrected chi connectivity index (χ2v) is 4.44. The summed E-state index contributed by atoms with van der Waals surface area (Å²) in [5, 5.41) is 0. The van der Waals surface area contributed by atoms with Crippen LogP contribution in [0.3, 0.4) is 0 Å². The van der Waals surface area contributed by atoms with Crippen molar-refractivity contribution < 1.29 is 0 Å². The Bertz CT molecular complexity index is 526. The zero-order chi connectivity index (χ0) is 12.4. The summed E-state index contributed by atoms with van der Waals surface area (Å²) in [5.74, 6) is 0.766. The third-order valence-electron chi connectivity index (χ3n) is 3.44. The molecule has 0 saturated heterocycles. The van der Waals surface area contributed by atoms with Gasteiger partial charge < -0.3 is 10.6 Å². The Balaban J connectivity index is 2.00. The van der Waals surface area contributed by atoms with Crippen molar-refractivity contribution in [1.29, 1.82) is 0 Å². The first-order valence-corrected chi connectivity index (χ1v) is 6.21. The summed E-state index contributed by atoms with van der Waals surface area (Å²) in [7, 11) is 0. The number of benzene rings is 1.